The Morgan fingerprint density at radius 2 is 1.22 bits per heavy atom. The Morgan fingerprint density at radius 3 is 1.80 bits per heavy atom. The summed E-state index contributed by atoms with van der Waals surface area (Å²) in [6.45, 7) is 7.13. The fourth-order valence-electron chi connectivity index (χ4n) is 8.42. The van der Waals surface area contributed by atoms with Crippen LogP contribution in [-0.4, -0.2) is 167 Å². The van der Waals surface area contributed by atoms with Gasteiger partial charge in [-0.05, 0) is 81.4 Å². The molecule has 3 aliphatic rings. The van der Waals surface area contributed by atoms with Crippen LogP contribution >= 0.6 is 0 Å². The van der Waals surface area contributed by atoms with E-state index in [1.54, 1.807) is 14.7 Å². The molecule has 1 aliphatic heterocycles. The van der Waals surface area contributed by atoms with Gasteiger partial charge in [-0.15, -0.1) is 0 Å². The topological polar surface area (TPSA) is 203 Å². The van der Waals surface area contributed by atoms with Gasteiger partial charge in [0.15, 0.2) is 0 Å². The predicted octanol–water partition coefficient (Wildman–Crippen LogP) is 1.20. The summed E-state index contributed by atoms with van der Waals surface area (Å²) in [5.74, 6) is -1.78. The summed E-state index contributed by atoms with van der Waals surface area (Å²) in [6, 6.07) is -0.253. The lowest BCUT2D eigenvalue weighted by Crippen LogP contribution is -2.53. The Balaban J connectivity index is 1.64. The van der Waals surface area contributed by atoms with E-state index in [0.29, 0.717) is 76.0 Å². The number of aliphatic carboxylic acids is 4. The van der Waals surface area contributed by atoms with E-state index >= 15 is 0 Å². The van der Waals surface area contributed by atoms with E-state index in [0.717, 1.165) is 51.6 Å². The zero-order valence-corrected chi connectivity index (χ0v) is 30.3. The van der Waals surface area contributed by atoms with E-state index in [4.69, 9.17) is 0 Å². The standard InChI is InChI=1S/C36H62N6O9/c1-2-32(43)38-12-4-11-37-21-28-5-3-6-30(19-28)29-9-7-27(8-10-29)20-31-22-41(25-35(48)49)16-15-39(23-33(44)45)13-14-40(24-34(46)47)17-18-42(31)26-36(50)51/h2,27-31,37H,1,3-26H2,(H,38,43)(H,44,45)(H,46,47)(H,48,49)(H,50,51). The summed E-state index contributed by atoms with van der Waals surface area (Å²) in [5, 5.41) is 45.1. The molecule has 3 rings (SSSR count). The normalized spacial score (nSPS) is 26.7. The number of nitrogens with zero attached hydrogens (tertiary/aromatic N) is 4. The van der Waals surface area contributed by atoms with Gasteiger partial charge in [0.1, 0.15) is 0 Å². The van der Waals surface area contributed by atoms with Gasteiger partial charge < -0.3 is 31.1 Å². The molecule has 1 saturated heterocycles. The predicted molar refractivity (Wildman–Crippen MR) is 191 cm³/mol. The second-order valence-electron chi connectivity index (χ2n) is 14.8. The first-order chi connectivity index (χ1) is 24.4. The minimum Gasteiger partial charge on any atom is -0.480 e. The highest BCUT2D eigenvalue weighted by Crippen LogP contribution is 2.42. The summed E-state index contributed by atoms with van der Waals surface area (Å²) >= 11 is 0. The molecule has 2 saturated carbocycles. The van der Waals surface area contributed by atoms with Crippen LogP contribution in [0.5, 0.6) is 0 Å². The summed E-state index contributed by atoms with van der Waals surface area (Å²) in [4.78, 5) is 65.7. The van der Waals surface area contributed by atoms with Gasteiger partial charge in [-0.25, -0.2) is 0 Å². The Kier molecular flexibility index (Phi) is 18.9. The summed E-state index contributed by atoms with van der Waals surface area (Å²) in [7, 11) is 0. The Bertz CT molecular complexity index is 1130. The van der Waals surface area contributed by atoms with Crippen LogP contribution in [0.15, 0.2) is 12.7 Å². The van der Waals surface area contributed by atoms with Crippen molar-refractivity contribution >= 4 is 29.8 Å². The fraction of sp³-hybridized carbons (Fsp3) is 0.806. The molecule has 0 aromatic rings. The monoisotopic (exact) mass is 722 g/mol. The van der Waals surface area contributed by atoms with Gasteiger partial charge in [0.2, 0.25) is 5.91 Å². The fourth-order valence-corrected chi connectivity index (χ4v) is 8.42. The smallest absolute Gasteiger partial charge is 0.317 e. The van der Waals surface area contributed by atoms with Gasteiger partial charge in [0.25, 0.3) is 0 Å². The largest absolute Gasteiger partial charge is 0.480 e. The Labute approximate surface area is 302 Å². The molecular weight excluding hydrogens is 660 g/mol. The highest BCUT2D eigenvalue weighted by atomic mass is 16.4. The maximum absolute atomic E-state index is 12.1. The lowest BCUT2D eigenvalue weighted by atomic mass is 9.68. The summed E-state index contributed by atoms with van der Waals surface area (Å²) < 4.78 is 0. The van der Waals surface area contributed by atoms with Crippen molar-refractivity contribution in [3.8, 4) is 0 Å². The number of amides is 1. The molecule has 6 N–H and O–H groups in total. The van der Waals surface area contributed by atoms with Crippen molar-refractivity contribution in [2.45, 2.75) is 70.3 Å². The maximum Gasteiger partial charge on any atom is 0.317 e. The average Bonchev–Trinajstić information content (AvgIpc) is 3.07. The highest BCUT2D eigenvalue weighted by Gasteiger charge is 2.34. The lowest BCUT2D eigenvalue weighted by molar-refractivity contribution is -0.142. The number of carbonyl (C=O) groups excluding carboxylic acids is 1. The number of carboxylic acid groups (broad SMARTS) is 4. The van der Waals surface area contributed by atoms with Crippen LogP contribution < -0.4 is 10.6 Å². The second kappa shape index (κ2) is 22.7. The third-order valence-electron chi connectivity index (χ3n) is 11.0. The van der Waals surface area contributed by atoms with Crippen LogP contribution in [0.4, 0.5) is 0 Å². The van der Waals surface area contributed by atoms with Gasteiger partial charge in [-0.2, -0.15) is 0 Å². The van der Waals surface area contributed by atoms with Crippen molar-refractivity contribution in [2.75, 3.05) is 91.6 Å². The minimum atomic E-state index is -1.01. The van der Waals surface area contributed by atoms with E-state index in [9.17, 15) is 44.4 Å². The molecule has 1 amide bonds. The van der Waals surface area contributed by atoms with E-state index in [-0.39, 0.29) is 38.1 Å². The Morgan fingerprint density at radius 1 is 0.647 bits per heavy atom. The molecule has 3 fully saturated rings. The summed E-state index contributed by atoms with van der Waals surface area (Å²) in [5.41, 5.74) is 0. The SMILES string of the molecule is C=CC(=O)NCCCNCC1CCCC(C2CCC(CC3CN(CC(=O)O)CCN(CC(=O)O)CCN(CC(=O)O)CCN3CC(=O)O)CC2)C1. The third-order valence-corrected chi connectivity index (χ3v) is 11.0. The Hall–Kier alpha value is -3.11. The van der Waals surface area contributed by atoms with E-state index in [1.807, 2.05) is 4.90 Å². The lowest BCUT2D eigenvalue weighted by Gasteiger charge is -2.41. The summed E-state index contributed by atoms with van der Waals surface area (Å²) in [6.07, 6.45) is 12.2. The van der Waals surface area contributed by atoms with Crippen molar-refractivity contribution < 1.29 is 44.4 Å². The first-order valence-electron chi connectivity index (χ1n) is 18.8. The molecule has 0 aromatic heterocycles. The molecule has 51 heavy (non-hydrogen) atoms. The number of hydrogen-bond acceptors (Lipinski definition) is 10. The van der Waals surface area contributed by atoms with Crippen molar-refractivity contribution in [2.24, 2.45) is 23.7 Å². The van der Waals surface area contributed by atoms with Gasteiger partial charge in [-0.3, -0.25) is 43.6 Å². The number of nitrogens with one attached hydrogen (secondary N) is 2. The van der Waals surface area contributed by atoms with Crippen molar-refractivity contribution in [3.05, 3.63) is 12.7 Å². The molecule has 15 heteroatoms. The average molecular weight is 723 g/mol. The molecule has 2 aliphatic carbocycles. The van der Waals surface area contributed by atoms with Crippen molar-refractivity contribution in [1.82, 2.24) is 30.2 Å². The molecule has 0 bridgehead atoms. The van der Waals surface area contributed by atoms with Gasteiger partial charge >= 0.3 is 23.9 Å². The quantitative estimate of drug-likeness (QED) is 0.0870. The van der Waals surface area contributed by atoms with E-state index < -0.39 is 23.9 Å². The minimum absolute atomic E-state index is 0.144. The molecule has 1 heterocycles. The van der Waals surface area contributed by atoms with Crippen LogP contribution in [0, 0.1) is 23.7 Å². The molecule has 0 aromatic carbocycles. The molecule has 3 atom stereocenters. The van der Waals surface area contributed by atoms with Crippen LogP contribution in [0.3, 0.4) is 0 Å². The van der Waals surface area contributed by atoms with Crippen molar-refractivity contribution in [3.63, 3.8) is 0 Å². The molecule has 0 radical (unpaired) electrons. The zero-order chi connectivity index (χ0) is 37.2. The second-order valence-corrected chi connectivity index (χ2v) is 14.8. The third kappa shape index (κ3) is 16.8. The number of carboxylic acids is 4. The van der Waals surface area contributed by atoms with Crippen LogP contribution in [0.2, 0.25) is 0 Å². The van der Waals surface area contributed by atoms with Crippen LogP contribution in [0.1, 0.15) is 64.2 Å². The van der Waals surface area contributed by atoms with Gasteiger partial charge in [0, 0.05) is 58.4 Å². The van der Waals surface area contributed by atoms with Crippen LogP contribution in [0.25, 0.3) is 0 Å². The maximum atomic E-state index is 12.1. The number of rotatable bonds is 18. The number of carbonyl (C=O) groups is 5. The molecule has 290 valence electrons. The van der Waals surface area contributed by atoms with Crippen molar-refractivity contribution in [1.29, 1.82) is 0 Å². The molecule has 3 unspecified atom stereocenters. The highest BCUT2D eigenvalue weighted by molar-refractivity contribution is 5.86. The zero-order valence-electron chi connectivity index (χ0n) is 30.3. The first kappa shape index (κ1) is 42.3. The molecular formula is C36H62N6O9. The molecule has 0 spiro atoms. The van der Waals surface area contributed by atoms with Gasteiger partial charge in [-0.1, -0.05) is 32.3 Å². The molecule has 15 nitrogen and oxygen atoms in total. The van der Waals surface area contributed by atoms with E-state index in [2.05, 4.69) is 17.2 Å². The van der Waals surface area contributed by atoms with E-state index in [1.165, 1.54) is 31.8 Å². The van der Waals surface area contributed by atoms with Gasteiger partial charge in [0.05, 0.1) is 26.2 Å². The number of hydrogen-bond donors (Lipinski definition) is 6. The van der Waals surface area contributed by atoms with Crippen LogP contribution in [-0.2, 0) is 24.0 Å². The first-order valence-corrected chi connectivity index (χ1v) is 18.8.